The first-order valence-electron chi connectivity index (χ1n) is 4.58. The first-order chi connectivity index (χ1) is 8.85. The van der Waals surface area contributed by atoms with E-state index in [2.05, 4.69) is 10.5 Å². The number of rotatable bonds is 3. The average Bonchev–Trinajstić information content (AvgIpc) is 2.32. The molecule has 0 spiro atoms. The minimum absolute atomic E-state index is 0.141. The van der Waals surface area contributed by atoms with Crippen molar-refractivity contribution in [3.05, 3.63) is 18.2 Å². The highest BCUT2D eigenvalue weighted by Gasteiger charge is 2.29. The Labute approximate surface area is 110 Å². The number of phenols is 1. The Morgan fingerprint density at radius 1 is 1.32 bits per heavy atom. The fourth-order valence-corrected chi connectivity index (χ4v) is 1.57. The molecule has 0 bridgehead atoms. The van der Waals surface area contributed by atoms with E-state index in [1.54, 1.807) is 0 Å². The predicted octanol–water partition coefficient (Wildman–Crippen LogP) is 2.82. The molecular formula is C10H5F3N4OS. The minimum Gasteiger partial charge on any atom is -0.506 e. The number of hydrogen-bond donors (Lipinski definition) is 2. The van der Waals surface area contributed by atoms with Gasteiger partial charge in [-0.2, -0.15) is 28.8 Å². The monoisotopic (exact) mass is 286 g/mol. The van der Waals surface area contributed by atoms with Crippen molar-refractivity contribution < 1.29 is 18.3 Å². The van der Waals surface area contributed by atoms with E-state index in [0.29, 0.717) is 0 Å². The maximum absolute atomic E-state index is 12.2. The van der Waals surface area contributed by atoms with E-state index < -0.39 is 11.2 Å². The second-order valence-electron chi connectivity index (χ2n) is 3.02. The molecule has 0 saturated heterocycles. The van der Waals surface area contributed by atoms with Crippen molar-refractivity contribution in [3.8, 4) is 17.9 Å². The van der Waals surface area contributed by atoms with E-state index in [9.17, 15) is 18.3 Å². The van der Waals surface area contributed by atoms with Crippen molar-refractivity contribution in [3.63, 3.8) is 0 Å². The number of hydrazone groups is 1. The number of halogens is 3. The molecule has 0 aliphatic heterocycles. The third-order valence-corrected chi connectivity index (χ3v) is 2.42. The number of alkyl halides is 3. The highest BCUT2D eigenvalue weighted by Crippen LogP contribution is 2.39. The Kier molecular flexibility index (Phi) is 4.62. The molecule has 9 heteroatoms. The van der Waals surface area contributed by atoms with Crippen molar-refractivity contribution >= 4 is 23.2 Å². The molecule has 0 amide bonds. The Bertz CT molecular complexity index is 570. The van der Waals surface area contributed by atoms with Crippen LogP contribution in [0.1, 0.15) is 0 Å². The summed E-state index contributed by atoms with van der Waals surface area (Å²) in [5.74, 6) is -0.356. The number of hydrogen-bond acceptors (Lipinski definition) is 6. The highest BCUT2D eigenvalue weighted by molar-refractivity contribution is 8.00. The number of benzene rings is 1. The van der Waals surface area contributed by atoms with Crippen LogP contribution >= 0.6 is 11.8 Å². The van der Waals surface area contributed by atoms with Crippen molar-refractivity contribution in [1.29, 1.82) is 10.5 Å². The van der Waals surface area contributed by atoms with Gasteiger partial charge in [0.1, 0.15) is 17.9 Å². The van der Waals surface area contributed by atoms with Crippen molar-refractivity contribution in [2.24, 2.45) is 5.10 Å². The molecular weight excluding hydrogens is 281 g/mol. The van der Waals surface area contributed by atoms with Gasteiger partial charge in [-0.1, -0.05) is 0 Å². The molecule has 0 radical (unpaired) electrons. The fraction of sp³-hybridized carbons (Fsp3) is 0.100. The summed E-state index contributed by atoms with van der Waals surface area (Å²) in [5.41, 5.74) is -2.96. The highest BCUT2D eigenvalue weighted by atomic mass is 32.2. The van der Waals surface area contributed by atoms with Gasteiger partial charge in [0.25, 0.3) is 0 Å². The summed E-state index contributed by atoms with van der Waals surface area (Å²) in [5, 5.41) is 29.6. The van der Waals surface area contributed by atoms with Gasteiger partial charge in [-0.15, -0.1) is 0 Å². The van der Waals surface area contributed by atoms with Crippen molar-refractivity contribution in [2.75, 3.05) is 5.43 Å². The molecule has 98 valence electrons. The lowest BCUT2D eigenvalue weighted by molar-refractivity contribution is -0.0328. The van der Waals surface area contributed by atoms with Crippen LogP contribution in [0.4, 0.5) is 18.9 Å². The van der Waals surface area contributed by atoms with Crippen LogP contribution in [0.15, 0.2) is 28.2 Å². The van der Waals surface area contributed by atoms with Gasteiger partial charge in [0.05, 0.1) is 5.69 Å². The molecule has 0 fully saturated rings. The largest absolute Gasteiger partial charge is 0.506 e. The van der Waals surface area contributed by atoms with E-state index >= 15 is 0 Å². The molecule has 0 saturated carbocycles. The van der Waals surface area contributed by atoms with Crippen LogP contribution in [0.25, 0.3) is 0 Å². The van der Waals surface area contributed by atoms with Gasteiger partial charge in [0, 0.05) is 4.90 Å². The summed E-state index contributed by atoms with van der Waals surface area (Å²) in [6.07, 6.45) is 0. The quantitative estimate of drug-likeness (QED) is 0.386. The average molecular weight is 286 g/mol. The number of phenolic OH excluding ortho intramolecular Hbond substituents is 1. The smallest absolute Gasteiger partial charge is 0.446 e. The normalized spacial score (nSPS) is 10.2. The third-order valence-electron chi connectivity index (χ3n) is 1.70. The lowest BCUT2D eigenvalue weighted by atomic mass is 10.3. The molecule has 0 atom stereocenters. The lowest BCUT2D eigenvalue weighted by Gasteiger charge is -2.08. The van der Waals surface area contributed by atoms with Crippen LogP contribution in [0.2, 0.25) is 0 Å². The first-order valence-corrected chi connectivity index (χ1v) is 5.40. The first kappa shape index (κ1) is 14.7. The molecule has 1 aromatic rings. The van der Waals surface area contributed by atoms with Crippen molar-refractivity contribution in [2.45, 2.75) is 10.4 Å². The number of nitrogens with zero attached hydrogens (tertiary/aromatic N) is 3. The van der Waals surface area contributed by atoms with Crippen LogP contribution < -0.4 is 5.43 Å². The molecule has 1 rings (SSSR count). The van der Waals surface area contributed by atoms with Crippen LogP contribution in [0, 0.1) is 22.7 Å². The van der Waals surface area contributed by atoms with Gasteiger partial charge in [-0.25, -0.2) is 0 Å². The summed E-state index contributed by atoms with van der Waals surface area (Å²) >= 11 is -0.360. The number of anilines is 1. The molecule has 0 aliphatic rings. The Morgan fingerprint density at radius 2 is 1.95 bits per heavy atom. The molecule has 1 aromatic carbocycles. The van der Waals surface area contributed by atoms with E-state index in [0.717, 1.165) is 18.2 Å². The number of thioether (sulfide) groups is 1. The van der Waals surface area contributed by atoms with Crippen LogP contribution in [0.3, 0.4) is 0 Å². The summed E-state index contributed by atoms with van der Waals surface area (Å²) in [6.45, 7) is 0. The lowest BCUT2D eigenvalue weighted by Crippen LogP contribution is -2.00. The predicted molar refractivity (Wildman–Crippen MR) is 62.3 cm³/mol. The zero-order chi connectivity index (χ0) is 14.5. The van der Waals surface area contributed by atoms with E-state index in [1.807, 2.05) is 0 Å². The summed E-state index contributed by atoms with van der Waals surface area (Å²) in [6, 6.07) is 6.04. The maximum Gasteiger partial charge on any atom is 0.446 e. The molecule has 5 nitrogen and oxygen atoms in total. The van der Waals surface area contributed by atoms with Crippen LogP contribution in [-0.4, -0.2) is 16.3 Å². The van der Waals surface area contributed by atoms with E-state index in [4.69, 9.17) is 10.5 Å². The molecule has 0 aromatic heterocycles. The molecule has 0 heterocycles. The third kappa shape index (κ3) is 4.77. The van der Waals surface area contributed by atoms with Crippen LogP contribution in [-0.2, 0) is 0 Å². The van der Waals surface area contributed by atoms with Gasteiger partial charge in [-0.3, -0.25) is 5.43 Å². The number of aromatic hydroxyl groups is 1. The fourth-order valence-electron chi connectivity index (χ4n) is 0.993. The number of nitriles is 2. The summed E-state index contributed by atoms with van der Waals surface area (Å²) in [7, 11) is 0. The van der Waals surface area contributed by atoms with E-state index in [1.165, 1.54) is 12.1 Å². The Hall–Kier alpha value is -2.39. The molecule has 19 heavy (non-hydrogen) atoms. The standard InChI is InChI=1S/C10H5F3N4OS/c11-10(12,13)19-7-1-2-9(18)8(3-7)17-16-6(4-14)5-15/h1-3,17-18H. The summed E-state index contributed by atoms with van der Waals surface area (Å²) in [4.78, 5) is -0.168. The van der Waals surface area contributed by atoms with Gasteiger partial charge in [0.2, 0.25) is 5.71 Å². The molecule has 0 aliphatic carbocycles. The minimum atomic E-state index is -4.46. The number of nitrogens with one attached hydrogen (secondary N) is 1. The van der Waals surface area contributed by atoms with Crippen LogP contribution in [0.5, 0.6) is 5.75 Å². The SMILES string of the molecule is N#CC(C#N)=NNc1cc(SC(F)(F)F)ccc1O. The molecule has 0 unspecified atom stereocenters. The van der Waals surface area contributed by atoms with Gasteiger partial charge < -0.3 is 5.11 Å². The summed E-state index contributed by atoms with van der Waals surface area (Å²) < 4.78 is 36.5. The Balaban J connectivity index is 2.96. The van der Waals surface area contributed by atoms with Gasteiger partial charge in [-0.05, 0) is 30.0 Å². The van der Waals surface area contributed by atoms with Gasteiger partial charge in [0.15, 0.2) is 0 Å². The zero-order valence-corrected chi connectivity index (χ0v) is 9.88. The Morgan fingerprint density at radius 3 is 2.47 bits per heavy atom. The zero-order valence-electron chi connectivity index (χ0n) is 9.06. The molecule has 2 N–H and O–H groups in total. The second kappa shape index (κ2) is 5.98. The van der Waals surface area contributed by atoms with E-state index in [-0.39, 0.29) is 28.1 Å². The van der Waals surface area contributed by atoms with Crippen molar-refractivity contribution in [1.82, 2.24) is 0 Å². The topological polar surface area (TPSA) is 92.2 Å². The second-order valence-corrected chi connectivity index (χ2v) is 4.16. The maximum atomic E-state index is 12.2. The van der Waals surface area contributed by atoms with Gasteiger partial charge >= 0.3 is 5.51 Å².